The first-order valence-corrected chi connectivity index (χ1v) is 4.29. The van der Waals surface area contributed by atoms with Gasteiger partial charge in [-0.3, -0.25) is 10.1 Å². The lowest BCUT2D eigenvalue weighted by atomic mass is 10.1. The van der Waals surface area contributed by atoms with Crippen LogP contribution >= 0.6 is 0 Å². The first-order valence-electron chi connectivity index (χ1n) is 4.29. The third kappa shape index (κ3) is 1.32. The van der Waals surface area contributed by atoms with E-state index in [4.69, 9.17) is 5.26 Å². The number of nitro groups is 1. The summed E-state index contributed by atoms with van der Waals surface area (Å²) in [6.07, 6.45) is 1.56. The maximum Gasteiger partial charge on any atom is 0.271 e. The highest BCUT2D eigenvalue weighted by Crippen LogP contribution is 2.26. The van der Waals surface area contributed by atoms with Gasteiger partial charge in [-0.25, -0.2) is 0 Å². The van der Waals surface area contributed by atoms with E-state index in [1.54, 1.807) is 13.1 Å². The van der Waals surface area contributed by atoms with Crippen LogP contribution in [0.2, 0.25) is 0 Å². The SMILES string of the molecule is Cc1cc([N+](=O)[O-])cc2[nH]cc(C#N)c12. The van der Waals surface area contributed by atoms with Crippen molar-refractivity contribution in [3.8, 4) is 6.07 Å². The van der Waals surface area contributed by atoms with Gasteiger partial charge in [0.05, 0.1) is 16.0 Å². The number of nitro benzene ring substituents is 1. The molecule has 0 saturated carbocycles. The highest BCUT2D eigenvalue weighted by Gasteiger charge is 2.12. The number of nitrogens with zero attached hydrogens (tertiary/aromatic N) is 2. The molecule has 0 atom stereocenters. The molecule has 0 amide bonds. The zero-order valence-corrected chi connectivity index (χ0v) is 7.94. The van der Waals surface area contributed by atoms with Gasteiger partial charge in [-0.1, -0.05) is 0 Å². The molecule has 0 aliphatic carbocycles. The van der Waals surface area contributed by atoms with E-state index < -0.39 is 4.92 Å². The van der Waals surface area contributed by atoms with Crippen LogP contribution in [0, 0.1) is 28.4 Å². The van der Waals surface area contributed by atoms with E-state index in [-0.39, 0.29) is 5.69 Å². The Hall–Kier alpha value is -2.35. The molecular formula is C10H7N3O2. The number of aryl methyl sites for hydroxylation is 1. The van der Waals surface area contributed by atoms with Crippen molar-refractivity contribution in [2.75, 3.05) is 0 Å². The average molecular weight is 201 g/mol. The lowest BCUT2D eigenvalue weighted by Crippen LogP contribution is -1.89. The van der Waals surface area contributed by atoms with Gasteiger partial charge >= 0.3 is 0 Å². The number of hydrogen-bond acceptors (Lipinski definition) is 3. The number of nitriles is 1. The lowest BCUT2D eigenvalue weighted by molar-refractivity contribution is -0.384. The molecule has 2 aromatic rings. The van der Waals surface area contributed by atoms with Gasteiger partial charge in [0.15, 0.2) is 0 Å². The zero-order chi connectivity index (χ0) is 11.0. The molecule has 1 aromatic heterocycles. The number of nitrogens with one attached hydrogen (secondary N) is 1. The van der Waals surface area contributed by atoms with Gasteiger partial charge in [-0.2, -0.15) is 5.26 Å². The molecule has 0 radical (unpaired) electrons. The normalized spacial score (nSPS) is 10.1. The van der Waals surface area contributed by atoms with Crippen LogP contribution in [0.5, 0.6) is 0 Å². The number of aromatic nitrogens is 1. The Balaban J connectivity index is 2.82. The quantitative estimate of drug-likeness (QED) is 0.567. The summed E-state index contributed by atoms with van der Waals surface area (Å²) < 4.78 is 0. The van der Waals surface area contributed by atoms with Gasteiger partial charge in [0.2, 0.25) is 0 Å². The van der Waals surface area contributed by atoms with Crippen LogP contribution in [0.3, 0.4) is 0 Å². The second-order valence-electron chi connectivity index (χ2n) is 3.26. The fourth-order valence-electron chi connectivity index (χ4n) is 1.66. The molecule has 2 rings (SSSR count). The second-order valence-corrected chi connectivity index (χ2v) is 3.26. The first kappa shape index (κ1) is 9.21. The molecule has 74 valence electrons. The minimum absolute atomic E-state index is 0.0336. The lowest BCUT2D eigenvalue weighted by Gasteiger charge is -1.97. The summed E-state index contributed by atoms with van der Waals surface area (Å²) in [5.74, 6) is 0. The van der Waals surface area contributed by atoms with E-state index in [1.165, 1.54) is 12.1 Å². The summed E-state index contributed by atoms with van der Waals surface area (Å²) in [4.78, 5) is 13.0. The Morgan fingerprint density at radius 3 is 2.87 bits per heavy atom. The van der Waals surface area contributed by atoms with Crippen molar-refractivity contribution in [3.63, 3.8) is 0 Å². The Morgan fingerprint density at radius 2 is 2.27 bits per heavy atom. The van der Waals surface area contributed by atoms with E-state index >= 15 is 0 Å². The summed E-state index contributed by atoms with van der Waals surface area (Å²) in [5.41, 5.74) is 1.90. The Labute approximate surface area is 85.1 Å². The summed E-state index contributed by atoms with van der Waals surface area (Å²) in [5, 5.41) is 20.2. The van der Waals surface area contributed by atoms with E-state index in [1.807, 2.05) is 6.07 Å². The molecule has 15 heavy (non-hydrogen) atoms. The topological polar surface area (TPSA) is 82.7 Å². The minimum atomic E-state index is -0.445. The van der Waals surface area contributed by atoms with E-state index in [9.17, 15) is 10.1 Å². The highest BCUT2D eigenvalue weighted by molar-refractivity contribution is 5.90. The number of fused-ring (bicyclic) bond motifs is 1. The van der Waals surface area contributed by atoms with Crippen LogP contribution in [0.25, 0.3) is 10.9 Å². The monoisotopic (exact) mass is 201 g/mol. The van der Waals surface area contributed by atoms with Crippen molar-refractivity contribution in [2.24, 2.45) is 0 Å². The predicted octanol–water partition coefficient (Wildman–Crippen LogP) is 2.26. The fraction of sp³-hybridized carbons (Fsp3) is 0.100. The van der Waals surface area contributed by atoms with Crippen molar-refractivity contribution in [1.82, 2.24) is 4.98 Å². The minimum Gasteiger partial charge on any atom is -0.360 e. The molecule has 5 heteroatoms. The van der Waals surface area contributed by atoms with Gasteiger partial charge in [-0.15, -0.1) is 0 Å². The molecule has 0 aliphatic heterocycles. The third-order valence-electron chi connectivity index (χ3n) is 2.29. The van der Waals surface area contributed by atoms with Crippen LogP contribution in [-0.2, 0) is 0 Å². The van der Waals surface area contributed by atoms with Crippen LogP contribution in [0.1, 0.15) is 11.1 Å². The fourth-order valence-corrected chi connectivity index (χ4v) is 1.66. The van der Waals surface area contributed by atoms with Gasteiger partial charge in [0.25, 0.3) is 5.69 Å². The Bertz CT molecular complexity index is 592. The van der Waals surface area contributed by atoms with E-state index in [0.29, 0.717) is 11.1 Å². The molecule has 1 N–H and O–H groups in total. The number of non-ortho nitro benzene ring substituents is 1. The Morgan fingerprint density at radius 1 is 1.53 bits per heavy atom. The van der Waals surface area contributed by atoms with Crippen molar-refractivity contribution >= 4 is 16.6 Å². The number of hydrogen-bond donors (Lipinski definition) is 1. The largest absolute Gasteiger partial charge is 0.360 e. The molecule has 1 heterocycles. The molecule has 0 spiro atoms. The van der Waals surface area contributed by atoms with E-state index in [0.717, 1.165) is 10.9 Å². The zero-order valence-electron chi connectivity index (χ0n) is 7.94. The summed E-state index contributed by atoms with van der Waals surface area (Å²) >= 11 is 0. The summed E-state index contributed by atoms with van der Waals surface area (Å²) in [7, 11) is 0. The van der Waals surface area contributed by atoms with Gasteiger partial charge < -0.3 is 4.98 Å². The standard InChI is InChI=1S/C10H7N3O2/c1-6-2-8(13(14)15)3-9-10(6)7(4-11)5-12-9/h2-3,5,12H,1H3. The first-order chi connectivity index (χ1) is 7.13. The maximum absolute atomic E-state index is 10.6. The summed E-state index contributed by atoms with van der Waals surface area (Å²) in [6.45, 7) is 1.75. The van der Waals surface area contributed by atoms with Crippen LogP contribution in [0.4, 0.5) is 5.69 Å². The second kappa shape index (κ2) is 3.10. The van der Waals surface area contributed by atoms with Crippen molar-refractivity contribution < 1.29 is 4.92 Å². The molecule has 0 fully saturated rings. The summed E-state index contributed by atoms with van der Waals surface area (Å²) in [6, 6.07) is 4.94. The molecule has 0 aliphatic rings. The predicted molar refractivity (Wildman–Crippen MR) is 54.4 cm³/mol. The number of benzene rings is 1. The smallest absolute Gasteiger partial charge is 0.271 e. The van der Waals surface area contributed by atoms with Gasteiger partial charge in [0, 0.05) is 23.7 Å². The molecular weight excluding hydrogens is 194 g/mol. The number of rotatable bonds is 1. The molecule has 0 bridgehead atoms. The molecule has 0 saturated heterocycles. The molecule has 1 aromatic carbocycles. The van der Waals surface area contributed by atoms with Crippen LogP contribution in [-0.4, -0.2) is 9.91 Å². The molecule has 0 unspecified atom stereocenters. The number of H-pyrrole nitrogens is 1. The average Bonchev–Trinajstić information content (AvgIpc) is 2.60. The van der Waals surface area contributed by atoms with Crippen molar-refractivity contribution in [3.05, 3.63) is 39.6 Å². The van der Waals surface area contributed by atoms with Crippen molar-refractivity contribution in [1.29, 1.82) is 5.26 Å². The third-order valence-corrected chi connectivity index (χ3v) is 2.29. The van der Waals surface area contributed by atoms with Crippen LogP contribution < -0.4 is 0 Å². The van der Waals surface area contributed by atoms with E-state index in [2.05, 4.69) is 4.98 Å². The van der Waals surface area contributed by atoms with Gasteiger partial charge in [-0.05, 0) is 12.5 Å². The Kier molecular flexibility index (Phi) is 1.90. The van der Waals surface area contributed by atoms with Gasteiger partial charge in [0.1, 0.15) is 6.07 Å². The highest BCUT2D eigenvalue weighted by atomic mass is 16.6. The molecule has 5 nitrogen and oxygen atoms in total. The van der Waals surface area contributed by atoms with Crippen molar-refractivity contribution in [2.45, 2.75) is 6.92 Å². The van der Waals surface area contributed by atoms with Crippen LogP contribution in [0.15, 0.2) is 18.3 Å². The number of aromatic amines is 1. The maximum atomic E-state index is 10.6.